The second-order valence-corrected chi connectivity index (χ2v) is 10.7. The Labute approximate surface area is 224 Å². The van der Waals surface area contributed by atoms with E-state index in [0.717, 1.165) is 35.4 Å². The fourth-order valence-electron chi connectivity index (χ4n) is 3.77. The lowest BCUT2D eigenvalue weighted by Gasteiger charge is -2.17. The van der Waals surface area contributed by atoms with Crippen LogP contribution in [-0.2, 0) is 9.53 Å². The Balaban J connectivity index is 2.56. The summed E-state index contributed by atoms with van der Waals surface area (Å²) in [4.78, 5) is 20.5. The van der Waals surface area contributed by atoms with Gasteiger partial charge in [-0.05, 0) is 65.7 Å². The lowest BCUT2D eigenvalue weighted by Crippen LogP contribution is -2.32. The van der Waals surface area contributed by atoms with Crippen molar-refractivity contribution in [3.8, 4) is 0 Å². The highest BCUT2D eigenvalue weighted by Crippen LogP contribution is 2.30. The Kier molecular flexibility index (Phi) is 12.5. The molecule has 196 valence electrons. The molecule has 8 heteroatoms. The minimum absolute atomic E-state index is 0.0994. The fraction of sp³-hybridized carbons (Fsp3) is 0.500. The Hall–Kier alpha value is -2.35. The lowest BCUT2D eigenvalue weighted by atomic mass is 9.97. The van der Waals surface area contributed by atoms with Crippen molar-refractivity contribution in [2.75, 3.05) is 19.8 Å². The molecule has 0 spiro atoms. The largest absolute Gasteiger partial charge is 0.380 e. The standard InChI is InChI=1S/C28H39ClN4O2S/c1-8-10-18(3)32-33-20(5)25(17-26(34)30-15-16-35-9-2)31-28(23-11-13-24(29)14-12-23)27-19(4)21(6)36-22(27)7/h11-14,25H,8-10,15-17H2,1-7H3,(H,30,34)/b31-28?,32-18-,33-20+/t25-/m0/s1. The van der Waals surface area contributed by atoms with Gasteiger partial charge in [-0.25, -0.2) is 0 Å². The van der Waals surface area contributed by atoms with Gasteiger partial charge in [0.25, 0.3) is 0 Å². The van der Waals surface area contributed by atoms with Gasteiger partial charge < -0.3 is 10.1 Å². The van der Waals surface area contributed by atoms with E-state index >= 15 is 0 Å². The van der Waals surface area contributed by atoms with E-state index in [9.17, 15) is 4.79 Å². The van der Waals surface area contributed by atoms with Gasteiger partial charge in [0, 0.05) is 44.8 Å². The molecule has 0 saturated carbocycles. The van der Waals surface area contributed by atoms with Gasteiger partial charge in [0.15, 0.2) is 0 Å². The van der Waals surface area contributed by atoms with E-state index in [1.54, 1.807) is 11.3 Å². The molecule has 1 aromatic carbocycles. The Bertz CT molecular complexity index is 1100. The van der Waals surface area contributed by atoms with Crippen LogP contribution >= 0.6 is 22.9 Å². The van der Waals surface area contributed by atoms with Crippen LogP contribution < -0.4 is 5.32 Å². The zero-order valence-corrected chi connectivity index (χ0v) is 24.1. The van der Waals surface area contributed by atoms with Crippen molar-refractivity contribution in [2.24, 2.45) is 15.2 Å². The molecular weight excluding hydrogens is 492 g/mol. The fourth-order valence-corrected chi connectivity index (χ4v) is 4.97. The van der Waals surface area contributed by atoms with Crippen molar-refractivity contribution in [2.45, 2.75) is 73.8 Å². The molecule has 0 aliphatic heterocycles. The number of rotatable bonds is 13. The van der Waals surface area contributed by atoms with Gasteiger partial charge in [0.1, 0.15) is 0 Å². The second-order valence-electron chi connectivity index (χ2n) is 8.79. The molecular formula is C28H39ClN4O2S. The molecule has 2 aromatic rings. The first-order chi connectivity index (χ1) is 17.2. The normalized spacial score (nSPS) is 13.7. The van der Waals surface area contributed by atoms with Crippen molar-refractivity contribution < 1.29 is 9.53 Å². The Morgan fingerprint density at radius 3 is 2.36 bits per heavy atom. The van der Waals surface area contributed by atoms with Crippen LogP contribution in [0.5, 0.6) is 0 Å². The smallest absolute Gasteiger partial charge is 0.222 e. The van der Waals surface area contributed by atoms with Crippen LogP contribution in [0.4, 0.5) is 0 Å². The van der Waals surface area contributed by atoms with E-state index in [1.165, 1.54) is 15.3 Å². The minimum atomic E-state index is -0.472. The number of carbonyl (C=O) groups excluding carboxylic acids is 1. The molecule has 1 N–H and O–H groups in total. The number of amides is 1. The van der Waals surface area contributed by atoms with E-state index in [1.807, 2.05) is 45.0 Å². The zero-order valence-electron chi connectivity index (χ0n) is 22.6. The summed E-state index contributed by atoms with van der Waals surface area (Å²) in [6.07, 6.45) is 2.05. The number of benzene rings is 1. The number of hydrogen-bond donors (Lipinski definition) is 1. The summed E-state index contributed by atoms with van der Waals surface area (Å²) in [5.74, 6) is -0.0994. The van der Waals surface area contributed by atoms with E-state index < -0.39 is 6.04 Å². The first-order valence-electron chi connectivity index (χ1n) is 12.5. The number of carbonyl (C=O) groups is 1. The van der Waals surface area contributed by atoms with Crippen LogP contribution in [0.15, 0.2) is 39.5 Å². The average Bonchev–Trinajstić information content (AvgIpc) is 3.09. The van der Waals surface area contributed by atoms with E-state index in [2.05, 4.69) is 43.2 Å². The third kappa shape index (κ3) is 8.95. The van der Waals surface area contributed by atoms with Crippen LogP contribution in [0, 0.1) is 20.8 Å². The molecule has 0 aliphatic rings. The minimum Gasteiger partial charge on any atom is -0.380 e. The number of aliphatic imine (C=N–C) groups is 1. The highest BCUT2D eigenvalue weighted by Gasteiger charge is 2.22. The van der Waals surface area contributed by atoms with Gasteiger partial charge in [-0.3, -0.25) is 9.79 Å². The third-order valence-electron chi connectivity index (χ3n) is 5.82. The molecule has 36 heavy (non-hydrogen) atoms. The third-order valence-corrected chi connectivity index (χ3v) is 7.20. The summed E-state index contributed by atoms with van der Waals surface area (Å²) in [5, 5.41) is 12.5. The number of hydrogen-bond acceptors (Lipinski definition) is 6. The number of halogens is 1. The topological polar surface area (TPSA) is 75.4 Å². The van der Waals surface area contributed by atoms with Crippen LogP contribution in [0.2, 0.25) is 5.02 Å². The number of nitrogens with zero attached hydrogens (tertiary/aromatic N) is 3. The molecule has 0 bridgehead atoms. The number of nitrogens with one attached hydrogen (secondary N) is 1. The molecule has 0 unspecified atom stereocenters. The Morgan fingerprint density at radius 1 is 1.08 bits per heavy atom. The monoisotopic (exact) mass is 530 g/mol. The van der Waals surface area contributed by atoms with E-state index in [0.29, 0.717) is 30.5 Å². The average molecular weight is 531 g/mol. The van der Waals surface area contributed by atoms with Crippen molar-refractivity contribution in [3.05, 3.63) is 55.7 Å². The summed E-state index contributed by atoms with van der Waals surface area (Å²) in [7, 11) is 0. The molecule has 0 aliphatic carbocycles. The van der Waals surface area contributed by atoms with Gasteiger partial charge >= 0.3 is 0 Å². The van der Waals surface area contributed by atoms with Crippen LogP contribution in [0.3, 0.4) is 0 Å². The predicted molar refractivity (Wildman–Crippen MR) is 155 cm³/mol. The van der Waals surface area contributed by atoms with Gasteiger partial charge in [-0.15, -0.1) is 11.3 Å². The van der Waals surface area contributed by atoms with Crippen molar-refractivity contribution >= 4 is 46.0 Å². The molecule has 1 aromatic heterocycles. The van der Waals surface area contributed by atoms with Gasteiger partial charge in [-0.2, -0.15) is 10.2 Å². The van der Waals surface area contributed by atoms with Crippen LogP contribution in [0.25, 0.3) is 0 Å². The van der Waals surface area contributed by atoms with Crippen molar-refractivity contribution in [3.63, 3.8) is 0 Å². The maximum Gasteiger partial charge on any atom is 0.222 e. The molecule has 2 rings (SSSR count). The van der Waals surface area contributed by atoms with Gasteiger partial charge in [0.2, 0.25) is 5.91 Å². The second kappa shape index (κ2) is 15.0. The highest BCUT2D eigenvalue weighted by atomic mass is 35.5. The number of ether oxygens (including phenoxy) is 1. The lowest BCUT2D eigenvalue weighted by molar-refractivity contribution is -0.121. The Morgan fingerprint density at radius 2 is 1.78 bits per heavy atom. The maximum absolute atomic E-state index is 12.9. The first kappa shape index (κ1) is 29.9. The molecule has 0 radical (unpaired) electrons. The predicted octanol–water partition coefficient (Wildman–Crippen LogP) is 6.71. The summed E-state index contributed by atoms with van der Waals surface area (Å²) in [6, 6.07) is 7.21. The first-order valence-corrected chi connectivity index (χ1v) is 13.7. The summed E-state index contributed by atoms with van der Waals surface area (Å²) < 4.78 is 5.35. The summed E-state index contributed by atoms with van der Waals surface area (Å²) in [6.45, 7) is 15.8. The molecule has 1 heterocycles. The van der Waals surface area contributed by atoms with Crippen LogP contribution in [-0.4, -0.2) is 48.8 Å². The molecule has 0 fully saturated rings. The number of aryl methyl sites for hydroxylation is 2. The van der Waals surface area contributed by atoms with Gasteiger partial charge in [-0.1, -0.05) is 37.1 Å². The highest BCUT2D eigenvalue weighted by molar-refractivity contribution is 7.12. The summed E-state index contributed by atoms with van der Waals surface area (Å²) in [5.41, 5.74) is 5.72. The molecule has 1 atom stereocenters. The maximum atomic E-state index is 12.9. The molecule has 1 amide bonds. The van der Waals surface area contributed by atoms with Crippen molar-refractivity contribution in [1.82, 2.24) is 5.32 Å². The van der Waals surface area contributed by atoms with Crippen LogP contribution in [0.1, 0.15) is 73.4 Å². The molecule has 6 nitrogen and oxygen atoms in total. The zero-order chi connectivity index (χ0) is 26.7. The quantitative estimate of drug-likeness (QED) is 0.177. The molecule has 0 saturated heterocycles. The van der Waals surface area contributed by atoms with E-state index in [-0.39, 0.29) is 12.3 Å². The van der Waals surface area contributed by atoms with Crippen molar-refractivity contribution in [1.29, 1.82) is 0 Å². The SMILES string of the molecule is CCC/C(C)=N\N=C(/C)[C@H](CC(=O)NCCOCC)N=C(c1ccc(Cl)cc1)c1c(C)sc(C)c1C. The number of thiophene rings is 1. The van der Waals surface area contributed by atoms with Gasteiger partial charge in [0.05, 0.1) is 30.5 Å². The van der Waals surface area contributed by atoms with E-state index in [4.69, 9.17) is 21.3 Å². The summed E-state index contributed by atoms with van der Waals surface area (Å²) >= 11 is 7.94.